The summed E-state index contributed by atoms with van der Waals surface area (Å²) in [5.41, 5.74) is 1.09. The van der Waals surface area contributed by atoms with Crippen molar-refractivity contribution in [1.82, 2.24) is 14.5 Å². The number of anilines is 1. The minimum Gasteiger partial charge on any atom is -0.378 e. The van der Waals surface area contributed by atoms with E-state index in [1.54, 1.807) is 0 Å². The molecule has 1 fully saturated rings. The SMILES string of the molecule is CC(C)(C)Cn1ccc2c(N3CCOCC3)nc(Cl)nc21. The Balaban J connectivity index is 2.05. The van der Waals surface area contributed by atoms with Gasteiger partial charge in [-0.05, 0) is 23.1 Å². The van der Waals surface area contributed by atoms with Gasteiger partial charge in [0.2, 0.25) is 5.28 Å². The van der Waals surface area contributed by atoms with Crippen molar-refractivity contribution in [2.24, 2.45) is 5.41 Å². The van der Waals surface area contributed by atoms with Crippen LogP contribution in [-0.2, 0) is 11.3 Å². The molecule has 0 N–H and O–H groups in total. The highest BCUT2D eigenvalue weighted by atomic mass is 35.5. The van der Waals surface area contributed by atoms with Crippen LogP contribution in [0.2, 0.25) is 5.28 Å². The molecule has 21 heavy (non-hydrogen) atoms. The lowest BCUT2D eigenvalue weighted by molar-refractivity contribution is 0.122. The summed E-state index contributed by atoms with van der Waals surface area (Å²) in [6.45, 7) is 10.7. The van der Waals surface area contributed by atoms with E-state index in [-0.39, 0.29) is 5.41 Å². The molecule has 0 radical (unpaired) electrons. The highest BCUT2D eigenvalue weighted by molar-refractivity contribution is 6.28. The van der Waals surface area contributed by atoms with Crippen molar-refractivity contribution < 1.29 is 4.74 Å². The lowest BCUT2D eigenvalue weighted by atomic mass is 9.97. The van der Waals surface area contributed by atoms with Crippen molar-refractivity contribution in [2.45, 2.75) is 27.3 Å². The zero-order valence-electron chi connectivity index (χ0n) is 12.8. The van der Waals surface area contributed by atoms with Gasteiger partial charge in [0.1, 0.15) is 11.5 Å². The molecule has 0 saturated carbocycles. The summed E-state index contributed by atoms with van der Waals surface area (Å²) < 4.78 is 7.57. The lowest BCUT2D eigenvalue weighted by Crippen LogP contribution is -2.37. The number of rotatable bonds is 2. The molecule has 3 heterocycles. The van der Waals surface area contributed by atoms with Gasteiger partial charge in [0, 0.05) is 25.8 Å². The third-order valence-electron chi connectivity index (χ3n) is 3.53. The third kappa shape index (κ3) is 3.14. The van der Waals surface area contributed by atoms with Crippen LogP contribution < -0.4 is 4.90 Å². The van der Waals surface area contributed by atoms with E-state index in [2.05, 4.69) is 52.5 Å². The van der Waals surface area contributed by atoms with Crippen molar-refractivity contribution in [1.29, 1.82) is 0 Å². The summed E-state index contributed by atoms with van der Waals surface area (Å²) in [5.74, 6) is 0.918. The first kappa shape index (κ1) is 14.6. The van der Waals surface area contributed by atoms with E-state index in [9.17, 15) is 0 Å². The number of hydrogen-bond acceptors (Lipinski definition) is 4. The van der Waals surface area contributed by atoms with Gasteiger partial charge in [0.15, 0.2) is 0 Å². The van der Waals surface area contributed by atoms with Crippen LogP contribution in [0.4, 0.5) is 5.82 Å². The van der Waals surface area contributed by atoms with E-state index in [4.69, 9.17) is 16.3 Å². The predicted octanol–water partition coefficient (Wildman–Crippen LogP) is 2.97. The Bertz CT molecular complexity index is 641. The first-order chi connectivity index (χ1) is 9.94. The van der Waals surface area contributed by atoms with Crippen LogP contribution in [0.5, 0.6) is 0 Å². The minimum atomic E-state index is 0.183. The number of aromatic nitrogens is 3. The summed E-state index contributed by atoms with van der Waals surface area (Å²) in [6, 6.07) is 2.09. The maximum Gasteiger partial charge on any atom is 0.226 e. The molecule has 5 nitrogen and oxygen atoms in total. The fourth-order valence-corrected chi connectivity index (χ4v) is 2.84. The van der Waals surface area contributed by atoms with Gasteiger partial charge in [-0.1, -0.05) is 20.8 Å². The molecule has 114 valence electrons. The van der Waals surface area contributed by atoms with Gasteiger partial charge >= 0.3 is 0 Å². The van der Waals surface area contributed by atoms with Crippen LogP contribution in [0.1, 0.15) is 20.8 Å². The highest BCUT2D eigenvalue weighted by Crippen LogP contribution is 2.29. The number of morpholine rings is 1. The fraction of sp³-hybridized carbons (Fsp3) is 0.600. The topological polar surface area (TPSA) is 43.2 Å². The van der Waals surface area contributed by atoms with Gasteiger partial charge in [0.05, 0.1) is 18.6 Å². The van der Waals surface area contributed by atoms with E-state index < -0.39 is 0 Å². The molecule has 6 heteroatoms. The molecule has 1 aliphatic rings. The van der Waals surface area contributed by atoms with Gasteiger partial charge in [-0.2, -0.15) is 9.97 Å². The van der Waals surface area contributed by atoms with Crippen LogP contribution in [0.25, 0.3) is 11.0 Å². The summed E-state index contributed by atoms with van der Waals surface area (Å²) >= 11 is 6.15. The first-order valence-electron chi connectivity index (χ1n) is 7.29. The van der Waals surface area contributed by atoms with Crippen LogP contribution in [0.15, 0.2) is 12.3 Å². The van der Waals surface area contributed by atoms with Crippen molar-refractivity contribution in [2.75, 3.05) is 31.2 Å². The molecule has 2 aromatic heterocycles. The maximum atomic E-state index is 6.15. The molecule has 0 spiro atoms. The quantitative estimate of drug-likeness (QED) is 0.800. The number of halogens is 1. The summed E-state index contributed by atoms with van der Waals surface area (Å²) in [6.07, 6.45) is 2.07. The van der Waals surface area contributed by atoms with Crippen LogP contribution in [0.3, 0.4) is 0 Å². The van der Waals surface area contributed by atoms with Gasteiger partial charge in [-0.15, -0.1) is 0 Å². The molecule has 0 unspecified atom stereocenters. The highest BCUT2D eigenvalue weighted by Gasteiger charge is 2.20. The number of hydrogen-bond donors (Lipinski definition) is 0. The Kier molecular flexibility index (Phi) is 3.80. The van der Waals surface area contributed by atoms with Crippen molar-refractivity contribution in [3.63, 3.8) is 0 Å². The largest absolute Gasteiger partial charge is 0.378 e. The molecule has 0 aromatic carbocycles. The van der Waals surface area contributed by atoms with Crippen molar-refractivity contribution in [3.05, 3.63) is 17.5 Å². The average Bonchev–Trinajstić information content (AvgIpc) is 2.80. The van der Waals surface area contributed by atoms with E-state index in [0.29, 0.717) is 5.28 Å². The predicted molar refractivity (Wildman–Crippen MR) is 85.0 cm³/mol. The molecular formula is C15H21ClN4O. The van der Waals surface area contributed by atoms with Crippen molar-refractivity contribution >= 4 is 28.5 Å². The van der Waals surface area contributed by atoms with Gasteiger partial charge < -0.3 is 14.2 Å². The molecule has 0 aliphatic carbocycles. The molecule has 0 atom stereocenters. The van der Waals surface area contributed by atoms with E-state index in [1.807, 2.05) is 0 Å². The Morgan fingerprint density at radius 3 is 2.62 bits per heavy atom. The second kappa shape index (κ2) is 5.46. The summed E-state index contributed by atoms with van der Waals surface area (Å²) in [5, 5.41) is 1.36. The van der Waals surface area contributed by atoms with E-state index >= 15 is 0 Å². The molecule has 1 aliphatic heterocycles. The maximum absolute atomic E-state index is 6.15. The molecule has 0 bridgehead atoms. The first-order valence-corrected chi connectivity index (χ1v) is 7.67. The van der Waals surface area contributed by atoms with Gasteiger partial charge in [-0.25, -0.2) is 0 Å². The zero-order valence-corrected chi connectivity index (χ0v) is 13.5. The van der Waals surface area contributed by atoms with Crippen LogP contribution in [-0.4, -0.2) is 40.8 Å². The second-order valence-electron chi connectivity index (χ2n) is 6.66. The average molecular weight is 309 g/mol. The summed E-state index contributed by atoms with van der Waals surface area (Å²) in [4.78, 5) is 11.1. The molecule has 0 amide bonds. The minimum absolute atomic E-state index is 0.183. The van der Waals surface area contributed by atoms with Crippen molar-refractivity contribution in [3.8, 4) is 0 Å². The monoisotopic (exact) mass is 308 g/mol. The van der Waals surface area contributed by atoms with Crippen LogP contribution >= 0.6 is 11.6 Å². The summed E-state index contributed by atoms with van der Waals surface area (Å²) in [7, 11) is 0. The third-order valence-corrected chi connectivity index (χ3v) is 3.70. The molecule has 1 saturated heterocycles. The number of ether oxygens (including phenoxy) is 1. The standard InChI is InChI=1S/C15H21ClN4O/c1-15(2,3)10-20-5-4-11-12(17-14(16)18-13(11)20)19-6-8-21-9-7-19/h4-5H,6-10H2,1-3H3. The Morgan fingerprint density at radius 1 is 1.24 bits per heavy atom. The number of fused-ring (bicyclic) bond motifs is 1. The lowest BCUT2D eigenvalue weighted by Gasteiger charge is -2.28. The zero-order chi connectivity index (χ0) is 15.0. The van der Waals surface area contributed by atoms with E-state index in [0.717, 1.165) is 49.7 Å². The number of nitrogens with zero attached hydrogens (tertiary/aromatic N) is 4. The normalized spacial score (nSPS) is 16.7. The van der Waals surface area contributed by atoms with Gasteiger partial charge in [0.25, 0.3) is 0 Å². The van der Waals surface area contributed by atoms with Gasteiger partial charge in [-0.3, -0.25) is 0 Å². The van der Waals surface area contributed by atoms with Crippen LogP contribution in [0, 0.1) is 5.41 Å². The molecular weight excluding hydrogens is 288 g/mol. The second-order valence-corrected chi connectivity index (χ2v) is 7.00. The van der Waals surface area contributed by atoms with E-state index in [1.165, 1.54) is 0 Å². The molecule has 2 aromatic rings. The Hall–Kier alpha value is -1.33. The fourth-order valence-electron chi connectivity index (χ4n) is 2.68. The Labute approximate surface area is 129 Å². The molecule has 3 rings (SSSR count). The Morgan fingerprint density at radius 2 is 1.95 bits per heavy atom. The smallest absolute Gasteiger partial charge is 0.226 e.